The maximum Gasteiger partial charge on any atom is 0.0569 e. The van der Waals surface area contributed by atoms with Crippen LogP contribution >= 0.6 is 0 Å². The lowest BCUT2D eigenvalue weighted by Gasteiger charge is -2.22. The molecular weight excluding hydrogens is 198 g/mol. The van der Waals surface area contributed by atoms with Crippen molar-refractivity contribution in [3.8, 4) is 0 Å². The fourth-order valence-corrected chi connectivity index (χ4v) is 1.88. The summed E-state index contributed by atoms with van der Waals surface area (Å²) in [7, 11) is 0. The third-order valence-corrected chi connectivity index (χ3v) is 3.16. The lowest BCUT2D eigenvalue weighted by molar-refractivity contribution is 0.735. The third-order valence-electron chi connectivity index (χ3n) is 3.16. The maximum absolute atomic E-state index is 5.79. The molecule has 0 spiro atoms. The van der Waals surface area contributed by atoms with Gasteiger partial charge < -0.3 is 10.6 Å². The van der Waals surface area contributed by atoms with Crippen LogP contribution in [0.4, 0.5) is 5.69 Å². The molecule has 2 N–H and O–H groups in total. The van der Waals surface area contributed by atoms with Crippen molar-refractivity contribution in [2.45, 2.75) is 32.7 Å². The number of pyridine rings is 1. The minimum atomic E-state index is 0.0209. The van der Waals surface area contributed by atoms with Crippen LogP contribution in [-0.2, 0) is 0 Å². The van der Waals surface area contributed by atoms with Crippen LogP contribution in [0.15, 0.2) is 18.3 Å². The second kappa shape index (κ2) is 4.83. The van der Waals surface area contributed by atoms with E-state index in [4.69, 9.17) is 5.73 Å². The van der Waals surface area contributed by atoms with Crippen LogP contribution < -0.4 is 10.6 Å². The number of nitrogens with zero attached hydrogens (tertiary/aromatic N) is 2. The molecule has 1 atom stereocenters. The van der Waals surface area contributed by atoms with Crippen LogP contribution in [0, 0.1) is 5.92 Å². The highest BCUT2D eigenvalue weighted by Gasteiger charge is 2.23. The molecule has 16 heavy (non-hydrogen) atoms. The molecule has 0 radical (unpaired) electrons. The van der Waals surface area contributed by atoms with E-state index < -0.39 is 0 Å². The summed E-state index contributed by atoms with van der Waals surface area (Å²) in [4.78, 5) is 6.81. The summed E-state index contributed by atoms with van der Waals surface area (Å²) in [5.41, 5.74) is 7.97. The van der Waals surface area contributed by atoms with Gasteiger partial charge in [0.1, 0.15) is 0 Å². The number of rotatable bonds is 5. The smallest absolute Gasteiger partial charge is 0.0569 e. The molecule has 88 valence electrons. The Bertz CT molecular complexity index is 328. The van der Waals surface area contributed by atoms with E-state index in [1.165, 1.54) is 25.1 Å². The van der Waals surface area contributed by atoms with Crippen LogP contribution in [0.2, 0.25) is 0 Å². The minimum Gasteiger partial charge on any atom is -0.370 e. The van der Waals surface area contributed by atoms with E-state index in [1.54, 1.807) is 0 Å². The van der Waals surface area contributed by atoms with Crippen LogP contribution in [0.3, 0.4) is 0 Å². The van der Waals surface area contributed by atoms with Gasteiger partial charge in [-0.25, -0.2) is 0 Å². The summed E-state index contributed by atoms with van der Waals surface area (Å²) in [6.07, 6.45) is 4.73. The zero-order chi connectivity index (χ0) is 11.5. The van der Waals surface area contributed by atoms with E-state index in [2.05, 4.69) is 22.9 Å². The Morgan fingerprint density at radius 2 is 2.25 bits per heavy atom. The zero-order valence-corrected chi connectivity index (χ0v) is 10.2. The normalized spacial score (nSPS) is 17.2. The molecule has 1 fully saturated rings. The molecule has 1 aromatic rings. The maximum atomic E-state index is 5.79. The molecule has 0 aromatic carbocycles. The van der Waals surface area contributed by atoms with Gasteiger partial charge in [0.25, 0.3) is 0 Å². The molecule has 0 amide bonds. The Hall–Kier alpha value is -1.09. The van der Waals surface area contributed by atoms with Gasteiger partial charge in [0.15, 0.2) is 0 Å². The van der Waals surface area contributed by atoms with Crippen molar-refractivity contribution in [1.29, 1.82) is 0 Å². The largest absolute Gasteiger partial charge is 0.370 e. The molecule has 1 aliphatic rings. The van der Waals surface area contributed by atoms with E-state index in [-0.39, 0.29) is 6.04 Å². The van der Waals surface area contributed by atoms with Gasteiger partial charge in [0, 0.05) is 19.1 Å². The van der Waals surface area contributed by atoms with Crippen molar-refractivity contribution < 1.29 is 0 Å². The number of nitrogens with two attached hydrogens (primary N) is 1. The molecule has 0 saturated heterocycles. The number of hydrogen-bond acceptors (Lipinski definition) is 3. The Morgan fingerprint density at radius 3 is 2.69 bits per heavy atom. The fraction of sp³-hybridized carbons (Fsp3) is 0.615. The van der Waals surface area contributed by atoms with Gasteiger partial charge in [-0.05, 0) is 44.7 Å². The Balaban J connectivity index is 2.05. The molecule has 0 aliphatic heterocycles. The quantitative estimate of drug-likeness (QED) is 0.826. The molecule has 2 rings (SSSR count). The van der Waals surface area contributed by atoms with Gasteiger partial charge in [0.05, 0.1) is 17.6 Å². The molecule has 1 aromatic heterocycles. The van der Waals surface area contributed by atoms with Crippen LogP contribution in [0.25, 0.3) is 0 Å². The van der Waals surface area contributed by atoms with Gasteiger partial charge in [-0.15, -0.1) is 0 Å². The summed E-state index contributed by atoms with van der Waals surface area (Å²) in [6, 6.07) is 4.19. The van der Waals surface area contributed by atoms with Crippen LogP contribution in [0.5, 0.6) is 0 Å². The minimum absolute atomic E-state index is 0.0209. The van der Waals surface area contributed by atoms with Gasteiger partial charge in [-0.2, -0.15) is 0 Å². The third kappa shape index (κ3) is 2.73. The molecule has 3 heteroatoms. The molecule has 0 unspecified atom stereocenters. The predicted octanol–water partition coefficient (Wildman–Crippen LogP) is 2.34. The average molecular weight is 219 g/mol. The SMILES string of the molecule is CCN(CC1CC1)c1ccc([C@@H](C)N)nc1. The van der Waals surface area contributed by atoms with Crippen molar-refractivity contribution in [1.82, 2.24) is 4.98 Å². The molecule has 0 bridgehead atoms. The summed E-state index contributed by atoms with van der Waals surface area (Å²) < 4.78 is 0. The molecular formula is C13H21N3. The van der Waals surface area contributed by atoms with E-state index in [9.17, 15) is 0 Å². The first-order valence-corrected chi connectivity index (χ1v) is 6.17. The molecule has 1 saturated carbocycles. The summed E-state index contributed by atoms with van der Waals surface area (Å²) in [5, 5.41) is 0. The fourth-order valence-electron chi connectivity index (χ4n) is 1.88. The van der Waals surface area contributed by atoms with Crippen molar-refractivity contribution in [2.75, 3.05) is 18.0 Å². The summed E-state index contributed by atoms with van der Waals surface area (Å²) in [6.45, 7) is 6.39. The monoisotopic (exact) mass is 219 g/mol. The van der Waals surface area contributed by atoms with Gasteiger partial charge >= 0.3 is 0 Å². The molecule has 1 heterocycles. The highest BCUT2D eigenvalue weighted by atomic mass is 15.1. The van der Waals surface area contributed by atoms with Crippen LogP contribution in [0.1, 0.15) is 38.4 Å². The topological polar surface area (TPSA) is 42.1 Å². The van der Waals surface area contributed by atoms with E-state index in [0.29, 0.717) is 0 Å². The van der Waals surface area contributed by atoms with Gasteiger partial charge in [0.2, 0.25) is 0 Å². The lowest BCUT2D eigenvalue weighted by Crippen LogP contribution is -2.25. The number of hydrogen-bond donors (Lipinski definition) is 1. The van der Waals surface area contributed by atoms with Crippen LogP contribution in [-0.4, -0.2) is 18.1 Å². The molecule has 1 aliphatic carbocycles. The predicted molar refractivity (Wildman–Crippen MR) is 67.5 cm³/mol. The standard InChI is InChI=1S/C13H21N3/c1-3-16(9-11-4-5-11)12-6-7-13(10(2)14)15-8-12/h6-8,10-11H,3-5,9,14H2,1-2H3/t10-/m1/s1. The highest BCUT2D eigenvalue weighted by Crippen LogP contribution is 2.31. The van der Waals surface area contributed by atoms with Crippen molar-refractivity contribution in [3.05, 3.63) is 24.0 Å². The Kier molecular flexibility index (Phi) is 3.44. The van der Waals surface area contributed by atoms with Gasteiger partial charge in [-0.1, -0.05) is 0 Å². The highest BCUT2D eigenvalue weighted by molar-refractivity contribution is 5.44. The second-order valence-corrected chi connectivity index (χ2v) is 4.71. The number of anilines is 1. The van der Waals surface area contributed by atoms with Gasteiger partial charge in [-0.3, -0.25) is 4.98 Å². The first-order valence-electron chi connectivity index (χ1n) is 6.17. The summed E-state index contributed by atoms with van der Waals surface area (Å²) in [5.74, 6) is 0.910. The van der Waals surface area contributed by atoms with Crippen molar-refractivity contribution in [3.63, 3.8) is 0 Å². The Morgan fingerprint density at radius 1 is 1.50 bits per heavy atom. The van der Waals surface area contributed by atoms with E-state index in [0.717, 1.165) is 18.2 Å². The first kappa shape index (κ1) is 11.4. The second-order valence-electron chi connectivity index (χ2n) is 4.71. The van der Waals surface area contributed by atoms with Crippen molar-refractivity contribution in [2.24, 2.45) is 11.7 Å². The zero-order valence-electron chi connectivity index (χ0n) is 10.2. The molecule has 3 nitrogen and oxygen atoms in total. The number of aromatic nitrogens is 1. The summed E-state index contributed by atoms with van der Waals surface area (Å²) >= 11 is 0. The Labute approximate surface area is 97.7 Å². The van der Waals surface area contributed by atoms with E-state index in [1.807, 2.05) is 19.2 Å². The lowest BCUT2D eigenvalue weighted by atomic mass is 10.2. The van der Waals surface area contributed by atoms with E-state index >= 15 is 0 Å². The average Bonchev–Trinajstić information content (AvgIpc) is 3.10. The van der Waals surface area contributed by atoms with Crippen molar-refractivity contribution >= 4 is 5.69 Å². The first-order chi connectivity index (χ1) is 7.70.